The van der Waals surface area contributed by atoms with Gasteiger partial charge in [0.2, 0.25) is 0 Å². The summed E-state index contributed by atoms with van der Waals surface area (Å²) in [6.07, 6.45) is 0. The van der Waals surface area contributed by atoms with Crippen molar-refractivity contribution in [3.8, 4) is 0 Å². The smallest absolute Gasteiger partial charge is 0.320 e. The summed E-state index contributed by atoms with van der Waals surface area (Å²) in [5.41, 5.74) is 5.41. The molecule has 2 N–H and O–H groups in total. The highest BCUT2D eigenvalue weighted by molar-refractivity contribution is 7.92. The summed E-state index contributed by atoms with van der Waals surface area (Å²) in [7, 11) is -2.32. The number of hydrogen-bond acceptors (Lipinski definition) is 5. The number of esters is 1. The number of hydrogen-bond donors (Lipinski definition) is 1. The second-order valence-corrected chi connectivity index (χ2v) is 5.31. The van der Waals surface area contributed by atoms with Gasteiger partial charge >= 0.3 is 5.97 Å². The molecular formula is C7H15NO4S. The zero-order chi connectivity index (χ0) is 10.6. The van der Waals surface area contributed by atoms with Crippen molar-refractivity contribution in [3.63, 3.8) is 0 Å². The molecule has 0 amide bonds. The first kappa shape index (κ1) is 12.4. The molecular weight excluding hydrogens is 194 g/mol. The molecule has 2 atom stereocenters. The van der Waals surface area contributed by atoms with Crippen LogP contribution < -0.4 is 5.73 Å². The van der Waals surface area contributed by atoms with E-state index in [-0.39, 0.29) is 0 Å². The lowest BCUT2D eigenvalue weighted by molar-refractivity contribution is -0.137. The molecule has 0 spiro atoms. The zero-order valence-electron chi connectivity index (χ0n) is 7.98. The highest BCUT2D eigenvalue weighted by atomic mass is 32.2. The Morgan fingerprint density at radius 1 is 1.46 bits per heavy atom. The Hall–Kier alpha value is -0.620. The normalized spacial score (nSPS) is 16.3. The number of methoxy groups -OCH3 is 1. The van der Waals surface area contributed by atoms with Crippen molar-refractivity contribution in [2.24, 2.45) is 5.73 Å². The van der Waals surface area contributed by atoms with Crippen molar-refractivity contribution in [2.45, 2.75) is 25.1 Å². The van der Waals surface area contributed by atoms with Crippen LogP contribution in [0.4, 0.5) is 0 Å². The SMILES string of the molecule is COC(=O)CS(=O)(=O)C(C)C(C)N. The Balaban J connectivity index is 4.50. The molecule has 0 aliphatic heterocycles. The molecule has 0 aromatic carbocycles. The summed E-state index contributed by atoms with van der Waals surface area (Å²) in [5.74, 6) is -1.36. The van der Waals surface area contributed by atoms with Crippen LogP contribution in [-0.2, 0) is 19.4 Å². The van der Waals surface area contributed by atoms with Crippen LogP contribution in [-0.4, -0.2) is 38.5 Å². The Kier molecular flexibility index (Phi) is 4.35. The summed E-state index contributed by atoms with van der Waals surface area (Å²) in [6, 6.07) is -0.491. The van der Waals surface area contributed by atoms with E-state index in [0.717, 1.165) is 7.11 Å². The van der Waals surface area contributed by atoms with Gasteiger partial charge in [-0.3, -0.25) is 4.79 Å². The molecule has 0 saturated carbocycles. The van der Waals surface area contributed by atoms with E-state index in [1.807, 2.05) is 0 Å². The highest BCUT2D eigenvalue weighted by Gasteiger charge is 2.27. The van der Waals surface area contributed by atoms with E-state index in [4.69, 9.17) is 5.73 Å². The van der Waals surface area contributed by atoms with Crippen molar-refractivity contribution >= 4 is 15.8 Å². The van der Waals surface area contributed by atoms with Gasteiger partial charge in [-0.25, -0.2) is 8.42 Å². The lowest BCUT2D eigenvalue weighted by Gasteiger charge is -2.15. The molecule has 0 aliphatic carbocycles. The molecule has 0 aromatic heterocycles. The molecule has 13 heavy (non-hydrogen) atoms. The molecule has 0 bridgehead atoms. The zero-order valence-corrected chi connectivity index (χ0v) is 8.80. The third-order valence-electron chi connectivity index (χ3n) is 1.85. The van der Waals surface area contributed by atoms with Crippen LogP contribution in [0.15, 0.2) is 0 Å². The minimum atomic E-state index is -3.47. The number of nitrogens with two attached hydrogens (primary N) is 1. The van der Waals surface area contributed by atoms with Crippen molar-refractivity contribution in [2.75, 3.05) is 12.9 Å². The quantitative estimate of drug-likeness (QED) is 0.619. The molecule has 0 aromatic rings. The predicted octanol–water partition coefficient (Wildman–Crippen LogP) is -0.690. The Morgan fingerprint density at radius 2 is 1.92 bits per heavy atom. The average molecular weight is 209 g/mol. The van der Waals surface area contributed by atoms with Crippen molar-refractivity contribution in [3.05, 3.63) is 0 Å². The first-order valence-electron chi connectivity index (χ1n) is 3.85. The van der Waals surface area contributed by atoms with E-state index in [1.165, 1.54) is 6.92 Å². The molecule has 5 nitrogen and oxygen atoms in total. The van der Waals surface area contributed by atoms with Gasteiger partial charge < -0.3 is 10.5 Å². The van der Waals surface area contributed by atoms with Crippen LogP contribution in [0.25, 0.3) is 0 Å². The Morgan fingerprint density at radius 3 is 2.23 bits per heavy atom. The molecule has 6 heteroatoms. The van der Waals surface area contributed by atoms with Gasteiger partial charge in [0, 0.05) is 6.04 Å². The third kappa shape index (κ3) is 3.73. The molecule has 0 heterocycles. The maximum absolute atomic E-state index is 11.4. The summed E-state index contributed by atoms with van der Waals surface area (Å²) >= 11 is 0. The summed E-state index contributed by atoms with van der Waals surface area (Å²) in [4.78, 5) is 10.7. The first-order valence-corrected chi connectivity index (χ1v) is 5.56. The topological polar surface area (TPSA) is 86.5 Å². The van der Waals surface area contributed by atoms with Crippen molar-refractivity contribution < 1.29 is 17.9 Å². The molecule has 0 rings (SSSR count). The van der Waals surface area contributed by atoms with Gasteiger partial charge in [0.05, 0.1) is 12.4 Å². The van der Waals surface area contributed by atoms with Gasteiger partial charge in [0.15, 0.2) is 9.84 Å². The Labute approximate surface area is 78.2 Å². The fourth-order valence-electron chi connectivity index (χ4n) is 0.682. The van der Waals surface area contributed by atoms with E-state index in [9.17, 15) is 13.2 Å². The van der Waals surface area contributed by atoms with Crippen molar-refractivity contribution in [1.29, 1.82) is 0 Å². The standard InChI is InChI=1S/C7H15NO4S/c1-5(8)6(2)13(10,11)4-7(9)12-3/h5-6H,4,8H2,1-3H3. The van der Waals surface area contributed by atoms with Gasteiger partial charge in [-0.2, -0.15) is 0 Å². The first-order chi connectivity index (χ1) is 5.81. The van der Waals surface area contributed by atoms with Crippen LogP contribution in [0.1, 0.15) is 13.8 Å². The van der Waals surface area contributed by atoms with Crippen LogP contribution in [0.2, 0.25) is 0 Å². The second-order valence-electron chi connectivity index (χ2n) is 2.95. The van der Waals surface area contributed by atoms with Gasteiger partial charge in [-0.05, 0) is 13.8 Å². The van der Waals surface area contributed by atoms with Gasteiger partial charge in [0.25, 0.3) is 0 Å². The largest absolute Gasteiger partial charge is 0.468 e. The Bertz CT molecular complexity index is 270. The average Bonchev–Trinajstić information content (AvgIpc) is 2.01. The maximum atomic E-state index is 11.4. The number of rotatable bonds is 4. The summed E-state index contributed by atoms with van der Waals surface area (Å²) < 4.78 is 27.0. The van der Waals surface area contributed by atoms with E-state index >= 15 is 0 Å². The molecule has 2 unspecified atom stereocenters. The number of carbonyl (C=O) groups is 1. The van der Waals surface area contributed by atoms with E-state index < -0.39 is 32.9 Å². The van der Waals surface area contributed by atoms with Crippen LogP contribution in [0.3, 0.4) is 0 Å². The number of sulfone groups is 1. The van der Waals surface area contributed by atoms with Crippen LogP contribution in [0, 0.1) is 0 Å². The molecule has 0 fully saturated rings. The summed E-state index contributed by atoms with van der Waals surface area (Å²) in [5, 5.41) is -0.730. The highest BCUT2D eigenvalue weighted by Crippen LogP contribution is 2.05. The fraction of sp³-hybridized carbons (Fsp3) is 0.857. The van der Waals surface area contributed by atoms with Gasteiger partial charge in [0.1, 0.15) is 5.75 Å². The monoisotopic (exact) mass is 209 g/mol. The molecule has 78 valence electrons. The lowest BCUT2D eigenvalue weighted by Crippen LogP contribution is -2.38. The number of carbonyl (C=O) groups excluding carboxylic acids is 1. The van der Waals surface area contributed by atoms with E-state index in [1.54, 1.807) is 6.92 Å². The van der Waals surface area contributed by atoms with Gasteiger partial charge in [-0.15, -0.1) is 0 Å². The lowest BCUT2D eigenvalue weighted by atomic mass is 10.3. The minimum Gasteiger partial charge on any atom is -0.468 e. The third-order valence-corrected chi connectivity index (χ3v) is 4.05. The van der Waals surface area contributed by atoms with E-state index in [2.05, 4.69) is 4.74 Å². The predicted molar refractivity (Wildman–Crippen MR) is 48.9 cm³/mol. The number of ether oxygens (including phenoxy) is 1. The maximum Gasteiger partial charge on any atom is 0.320 e. The van der Waals surface area contributed by atoms with Crippen LogP contribution in [0.5, 0.6) is 0 Å². The summed E-state index contributed by atoms with van der Waals surface area (Å²) in [6.45, 7) is 3.06. The molecule has 0 radical (unpaired) electrons. The van der Waals surface area contributed by atoms with Crippen LogP contribution >= 0.6 is 0 Å². The molecule has 0 saturated heterocycles. The molecule has 0 aliphatic rings. The van der Waals surface area contributed by atoms with Gasteiger partial charge in [-0.1, -0.05) is 0 Å². The minimum absolute atomic E-state index is 0.491. The van der Waals surface area contributed by atoms with Crippen molar-refractivity contribution in [1.82, 2.24) is 0 Å². The second kappa shape index (κ2) is 4.57. The van der Waals surface area contributed by atoms with E-state index in [0.29, 0.717) is 0 Å². The fourth-order valence-corrected chi connectivity index (χ4v) is 2.05.